The molecule has 260 valence electrons. The van der Waals surface area contributed by atoms with Gasteiger partial charge < -0.3 is 14.5 Å². The number of H-pyrrole nitrogens is 1. The van der Waals surface area contributed by atoms with Crippen LogP contribution in [0.4, 0.5) is 43.9 Å². The summed E-state index contributed by atoms with van der Waals surface area (Å²) in [6, 6.07) is 1.89. The lowest BCUT2D eigenvalue weighted by atomic mass is 9.98. The fourth-order valence-electron chi connectivity index (χ4n) is 5.20. The summed E-state index contributed by atoms with van der Waals surface area (Å²) in [5.74, 6) is -25.4. The molecule has 19 heteroatoms. The molecule has 0 aliphatic carbocycles. The fraction of sp³-hybridized carbons (Fsp3) is 0. The predicted molar refractivity (Wildman–Crippen MR) is 166 cm³/mol. The summed E-state index contributed by atoms with van der Waals surface area (Å²) >= 11 is 25.5. The monoisotopic (exact) mass is 795 g/mol. The van der Waals surface area contributed by atoms with Gasteiger partial charge in [-0.25, -0.2) is 53.9 Å². The summed E-state index contributed by atoms with van der Waals surface area (Å²) in [5, 5.41) is -1.75. The maximum absolute atomic E-state index is 15.4. The number of ether oxygens (including phenoxy) is 2. The Morgan fingerprint density at radius 3 is 1.04 bits per heavy atom. The molecule has 51 heavy (non-hydrogen) atoms. The second-order valence-corrected chi connectivity index (χ2v) is 11.9. The van der Waals surface area contributed by atoms with Crippen molar-refractivity contribution in [1.82, 2.24) is 4.98 Å². The van der Waals surface area contributed by atoms with E-state index in [-0.39, 0.29) is 0 Å². The van der Waals surface area contributed by atoms with Gasteiger partial charge in [-0.1, -0.05) is 46.4 Å². The van der Waals surface area contributed by atoms with Crippen LogP contribution in [0.1, 0.15) is 22.5 Å². The molecule has 8 rings (SSSR count). The molecule has 8 bridgehead atoms. The van der Waals surface area contributed by atoms with Crippen LogP contribution < -0.4 is 9.47 Å². The van der Waals surface area contributed by atoms with Gasteiger partial charge in [-0.3, -0.25) is 0 Å². The third-order valence-corrected chi connectivity index (χ3v) is 9.12. The van der Waals surface area contributed by atoms with E-state index in [1.807, 2.05) is 0 Å². The average molecular weight is 797 g/mol. The van der Waals surface area contributed by atoms with E-state index in [0.717, 1.165) is 36.4 Å². The van der Waals surface area contributed by atoms with Crippen molar-refractivity contribution in [2.45, 2.75) is 0 Å². The van der Waals surface area contributed by atoms with Gasteiger partial charge in [0, 0.05) is 34.7 Å². The van der Waals surface area contributed by atoms with Gasteiger partial charge in [-0.05, 0) is 24.3 Å². The first-order valence-electron chi connectivity index (χ1n) is 13.6. The summed E-state index contributed by atoms with van der Waals surface area (Å²) in [4.78, 5) is 10.6. The Kier molecular flexibility index (Phi) is 8.52. The van der Waals surface area contributed by atoms with Gasteiger partial charge in [0.15, 0.2) is 58.0 Å². The number of aromatic nitrogens is 1. The fourth-order valence-corrected chi connectivity index (χ4v) is 6.17. The van der Waals surface area contributed by atoms with Crippen LogP contribution in [-0.2, 0) is 0 Å². The third-order valence-electron chi connectivity index (χ3n) is 7.48. The lowest BCUT2D eigenvalue weighted by Crippen LogP contribution is -2.10. The van der Waals surface area contributed by atoms with Gasteiger partial charge in [0.05, 0.1) is 22.5 Å². The van der Waals surface area contributed by atoms with Crippen molar-refractivity contribution in [2.75, 3.05) is 0 Å². The molecule has 0 atom stereocenters. The zero-order valence-electron chi connectivity index (χ0n) is 24.0. The van der Waals surface area contributed by atoms with Gasteiger partial charge >= 0.3 is 0 Å². The van der Waals surface area contributed by atoms with E-state index in [9.17, 15) is 26.3 Å². The second-order valence-electron chi connectivity index (χ2n) is 10.4. The minimum atomic E-state index is -2.49. The molecule has 0 spiro atoms. The third kappa shape index (κ3) is 5.32. The number of nitrogens with zero attached hydrogens (tertiary/aromatic N) is 2. The summed E-state index contributed by atoms with van der Waals surface area (Å²) in [6.45, 7) is 0. The number of allylic oxidation sites excluding steroid dienone is 2. The molecule has 0 fully saturated rings. The largest absolute Gasteiger partial charge is 0.436 e. The highest BCUT2D eigenvalue weighted by atomic mass is 35.5. The number of fused-ring (bicyclic) bond motifs is 2. The Morgan fingerprint density at radius 2 is 0.725 bits per heavy atom. The first-order chi connectivity index (χ1) is 24.1. The van der Waals surface area contributed by atoms with Gasteiger partial charge in [0.1, 0.15) is 20.1 Å². The summed E-state index contributed by atoms with van der Waals surface area (Å²) in [6.07, 6.45) is 4.14. The Labute approximate surface area is 297 Å². The number of hydrogen-bond acceptors (Lipinski definition) is 4. The number of benzene rings is 3. The molecule has 4 aromatic rings. The normalized spacial score (nSPS) is 15.1. The Morgan fingerprint density at radius 1 is 0.431 bits per heavy atom. The standard InChI is InChI=1S/C32H7Cl4F10N3O2/c33-17-19(35)32-20(36)18(34)31(17)50-11-5-3-9(48-11)13(15-21(37)25(41)29(45)26(42)22(15)38)7-1-2-8(47-7)14(10-4-6-12(49-10)51-32)16-23(39)27(43)30(46)28(44)24(16)40/h1-6,47H. The van der Waals surface area contributed by atoms with Crippen LogP contribution in [0.15, 0.2) is 57.8 Å². The molecule has 3 aromatic carbocycles. The summed E-state index contributed by atoms with van der Waals surface area (Å²) < 4.78 is 159. The molecule has 4 aliphatic rings. The van der Waals surface area contributed by atoms with Crippen LogP contribution >= 0.6 is 46.4 Å². The quantitative estimate of drug-likeness (QED) is 0.125. The molecular formula is C32H7Cl4F10N3O2. The molecule has 5 nitrogen and oxygen atoms in total. The number of aliphatic imine (C=N–C) groups is 2. The Bertz CT molecular complexity index is 2230. The van der Waals surface area contributed by atoms with Gasteiger partial charge in [-0.15, -0.1) is 0 Å². The van der Waals surface area contributed by atoms with Crippen molar-refractivity contribution >= 4 is 69.3 Å². The highest BCUT2D eigenvalue weighted by molar-refractivity contribution is 6.50. The Balaban J connectivity index is 1.61. The lowest BCUT2D eigenvalue weighted by molar-refractivity contribution is 0.376. The van der Waals surface area contributed by atoms with Crippen LogP contribution in [0.5, 0.6) is 11.5 Å². The highest BCUT2D eigenvalue weighted by Gasteiger charge is 2.35. The molecule has 0 unspecified atom stereocenters. The van der Waals surface area contributed by atoms with E-state index < -0.39 is 147 Å². The van der Waals surface area contributed by atoms with Gasteiger partial charge in [0.2, 0.25) is 23.4 Å². The molecule has 0 saturated carbocycles. The number of aromatic amines is 1. The van der Waals surface area contributed by atoms with Crippen LogP contribution in [0.25, 0.3) is 11.1 Å². The topological polar surface area (TPSA) is 59.0 Å². The lowest BCUT2D eigenvalue weighted by Gasteiger charge is -2.15. The first kappa shape index (κ1) is 34.7. The Hall–Kier alpha value is -4.70. The van der Waals surface area contributed by atoms with Crippen molar-refractivity contribution < 1.29 is 53.4 Å². The summed E-state index contributed by atoms with van der Waals surface area (Å²) in [7, 11) is 0. The SMILES string of the molecule is Fc1c(F)c(F)c(C2=C3C=CC(=N3)Oc3c(Cl)c(Cl)c(c(Cl)c3Cl)OC3=NC(=C(c4c(F)c(F)c(F)c(F)c4F)c4ccc2[nH]4)C=C3)c(F)c1F. The van der Waals surface area contributed by atoms with E-state index in [1.54, 1.807) is 0 Å². The van der Waals surface area contributed by atoms with Crippen molar-refractivity contribution in [1.29, 1.82) is 0 Å². The minimum Gasteiger partial charge on any atom is -0.436 e. The van der Waals surface area contributed by atoms with E-state index in [0.29, 0.717) is 0 Å². The number of hydrogen-bond donors (Lipinski definition) is 1. The van der Waals surface area contributed by atoms with E-state index in [2.05, 4.69) is 15.0 Å². The molecule has 1 N–H and O–H groups in total. The van der Waals surface area contributed by atoms with Gasteiger partial charge in [-0.2, -0.15) is 0 Å². The average Bonchev–Trinajstić information content (AvgIpc) is 3.90. The predicted octanol–water partition coefficient (Wildman–Crippen LogP) is 10.9. The zero-order valence-corrected chi connectivity index (χ0v) is 27.0. The smallest absolute Gasteiger partial charge is 0.220 e. The maximum Gasteiger partial charge on any atom is 0.220 e. The van der Waals surface area contributed by atoms with Crippen molar-refractivity contribution in [3.8, 4) is 11.5 Å². The first-order valence-corrected chi connectivity index (χ1v) is 15.1. The van der Waals surface area contributed by atoms with Gasteiger partial charge in [0.25, 0.3) is 0 Å². The zero-order chi connectivity index (χ0) is 36.8. The van der Waals surface area contributed by atoms with Crippen molar-refractivity contribution in [3.63, 3.8) is 0 Å². The van der Waals surface area contributed by atoms with Crippen LogP contribution in [0.2, 0.25) is 20.1 Å². The number of halogens is 14. The summed E-state index contributed by atoms with van der Waals surface area (Å²) in [5.41, 5.74) is -6.94. The molecular weight excluding hydrogens is 790 g/mol. The molecule has 4 aliphatic heterocycles. The van der Waals surface area contributed by atoms with Crippen LogP contribution in [-0.4, -0.2) is 16.8 Å². The van der Waals surface area contributed by atoms with Crippen molar-refractivity contribution in [3.05, 3.63) is 149 Å². The van der Waals surface area contributed by atoms with E-state index in [1.165, 1.54) is 0 Å². The molecule has 1 aromatic heterocycles. The number of nitrogens with one attached hydrogen (secondary N) is 1. The van der Waals surface area contributed by atoms with Crippen LogP contribution in [0, 0.1) is 58.2 Å². The second kappa shape index (κ2) is 12.5. The molecule has 0 amide bonds. The maximum atomic E-state index is 15.4. The number of rotatable bonds is 2. The van der Waals surface area contributed by atoms with Crippen molar-refractivity contribution in [2.24, 2.45) is 9.98 Å². The molecule has 5 heterocycles. The highest BCUT2D eigenvalue weighted by Crippen LogP contribution is 2.51. The molecule has 0 saturated heterocycles. The van der Waals surface area contributed by atoms with Crippen LogP contribution in [0.3, 0.4) is 0 Å². The van der Waals surface area contributed by atoms with E-state index >= 15 is 17.6 Å². The minimum absolute atomic E-state index is 0.423. The van der Waals surface area contributed by atoms with E-state index in [4.69, 9.17) is 55.9 Å². The molecule has 0 radical (unpaired) electrons.